The third-order valence-corrected chi connectivity index (χ3v) is 3.43. The molecule has 0 aromatic carbocycles. The molecular weight excluding hydrogens is 264 g/mol. The molecule has 0 aliphatic carbocycles. The van der Waals surface area contributed by atoms with E-state index in [1.807, 2.05) is 5.32 Å². The van der Waals surface area contributed by atoms with Gasteiger partial charge in [0.1, 0.15) is 0 Å². The fourth-order valence-electron chi connectivity index (χ4n) is 2.19. The van der Waals surface area contributed by atoms with Gasteiger partial charge in [0, 0.05) is 19.1 Å². The predicted octanol–water partition coefficient (Wildman–Crippen LogP) is 2.27. The summed E-state index contributed by atoms with van der Waals surface area (Å²) in [6.07, 6.45) is -0.0741. The summed E-state index contributed by atoms with van der Waals surface area (Å²) in [5.74, 6) is -6.49. The van der Waals surface area contributed by atoms with Crippen molar-refractivity contribution in [2.75, 3.05) is 19.6 Å². The Labute approximate surface area is 110 Å². The van der Waals surface area contributed by atoms with E-state index in [9.17, 15) is 22.4 Å². The molecule has 112 valence electrons. The lowest BCUT2D eigenvalue weighted by atomic mass is 10.0. The summed E-state index contributed by atoms with van der Waals surface area (Å²) >= 11 is 0. The molecule has 7 heteroatoms. The Hall–Kier alpha value is -0.850. The van der Waals surface area contributed by atoms with Crippen molar-refractivity contribution >= 4 is 5.91 Å². The molecule has 1 saturated heterocycles. The van der Waals surface area contributed by atoms with E-state index < -0.39 is 18.3 Å². The monoisotopic (exact) mass is 284 g/mol. The second-order valence-corrected chi connectivity index (χ2v) is 4.91. The Morgan fingerprint density at radius 1 is 1.42 bits per heavy atom. The zero-order valence-corrected chi connectivity index (χ0v) is 11.0. The van der Waals surface area contributed by atoms with Crippen LogP contribution in [0.4, 0.5) is 17.6 Å². The summed E-state index contributed by atoms with van der Waals surface area (Å²) < 4.78 is 49.0. The molecule has 0 aromatic heterocycles. The average Bonchev–Trinajstić information content (AvgIpc) is 2.36. The van der Waals surface area contributed by atoms with Gasteiger partial charge in [-0.05, 0) is 32.7 Å². The van der Waals surface area contributed by atoms with E-state index in [0.29, 0.717) is 19.0 Å². The Morgan fingerprint density at radius 2 is 2.11 bits per heavy atom. The first kappa shape index (κ1) is 16.2. The van der Waals surface area contributed by atoms with Gasteiger partial charge in [0.2, 0.25) is 0 Å². The fraction of sp³-hybridized carbons (Fsp3) is 0.917. The van der Waals surface area contributed by atoms with Crippen LogP contribution in [-0.2, 0) is 4.79 Å². The average molecular weight is 284 g/mol. The Bertz CT molecular complexity index is 299. The van der Waals surface area contributed by atoms with Crippen LogP contribution in [0.2, 0.25) is 0 Å². The van der Waals surface area contributed by atoms with Crippen molar-refractivity contribution in [3.05, 3.63) is 0 Å². The second kappa shape index (κ2) is 7.07. The molecule has 1 aliphatic rings. The lowest BCUT2D eigenvalue weighted by Crippen LogP contribution is -2.46. The van der Waals surface area contributed by atoms with Gasteiger partial charge in [-0.3, -0.25) is 4.79 Å². The molecule has 0 aromatic rings. The number of halogens is 4. The number of carbonyl (C=O) groups is 1. The number of nitrogens with zero attached hydrogens (tertiary/aromatic N) is 1. The lowest BCUT2D eigenvalue weighted by molar-refractivity contribution is -0.169. The highest BCUT2D eigenvalue weighted by Crippen LogP contribution is 2.22. The molecule has 19 heavy (non-hydrogen) atoms. The summed E-state index contributed by atoms with van der Waals surface area (Å²) in [6, 6.07) is 0.451. The van der Waals surface area contributed by atoms with E-state index in [2.05, 4.69) is 11.8 Å². The number of alkyl halides is 4. The molecule has 1 aliphatic heterocycles. The van der Waals surface area contributed by atoms with Crippen molar-refractivity contribution in [1.29, 1.82) is 0 Å². The van der Waals surface area contributed by atoms with Crippen LogP contribution < -0.4 is 5.32 Å². The summed E-state index contributed by atoms with van der Waals surface area (Å²) in [5, 5.41) is 1.86. The maximum atomic E-state index is 12.6. The van der Waals surface area contributed by atoms with Crippen molar-refractivity contribution in [1.82, 2.24) is 10.2 Å². The van der Waals surface area contributed by atoms with Crippen LogP contribution in [0.5, 0.6) is 0 Å². The first-order chi connectivity index (χ1) is 8.85. The van der Waals surface area contributed by atoms with Gasteiger partial charge in [-0.1, -0.05) is 6.42 Å². The standard InChI is InChI=1S/C12H20F4N2O/c1-9-5-2-3-7-18(9)8-4-6-17-11(19)12(15,16)10(13)14/h9-10H,2-8H2,1H3,(H,17,19). The minimum atomic E-state index is -4.60. The first-order valence-corrected chi connectivity index (χ1v) is 6.54. The third-order valence-electron chi connectivity index (χ3n) is 3.43. The molecule has 3 nitrogen and oxygen atoms in total. The molecule has 1 heterocycles. The van der Waals surface area contributed by atoms with Gasteiger partial charge >= 0.3 is 12.3 Å². The fourth-order valence-corrected chi connectivity index (χ4v) is 2.19. The summed E-state index contributed by atoms with van der Waals surface area (Å²) in [7, 11) is 0. The van der Waals surface area contributed by atoms with E-state index >= 15 is 0 Å². The number of hydrogen-bond acceptors (Lipinski definition) is 2. The van der Waals surface area contributed by atoms with Gasteiger partial charge in [0.05, 0.1) is 0 Å². The quantitative estimate of drug-likeness (QED) is 0.599. The molecule has 1 rings (SSSR count). The van der Waals surface area contributed by atoms with E-state index in [1.54, 1.807) is 0 Å². The molecule has 1 amide bonds. The zero-order valence-electron chi connectivity index (χ0n) is 11.0. The van der Waals surface area contributed by atoms with Crippen LogP contribution in [0.3, 0.4) is 0 Å². The zero-order chi connectivity index (χ0) is 14.5. The molecular formula is C12H20F4N2O. The van der Waals surface area contributed by atoms with Gasteiger partial charge in [-0.15, -0.1) is 0 Å². The van der Waals surface area contributed by atoms with Crippen molar-refractivity contribution in [3.63, 3.8) is 0 Å². The maximum Gasteiger partial charge on any atom is 0.383 e. The second-order valence-electron chi connectivity index (χ2n) is 4.91. The highest BCUT2D eigenvalue weighted by Gasteiger charge is 2.48. The Kier molecular flexibility index (Phi) is 6.03. The summed E-state index contributed by atoms with van der Waals surface area (Å²) in [6.45, 7) is 3.73. The van der Waals surface area contributed by atoms with E-state index in [0.717, 1.165) is 19.4 Å². The number of carbonyl (C=O) groups excluding carboxylic acids is 1. The number of amides is 1. The van der Waals surface area contributed by atoms with Crippen LogP contribution in [0.25, 0.3) is 0 Å². The normalized spacial score (nSPS) is 21.7. The number of piperidine rings is 1. The van der Waals surface area contributed by atoms with Crippen molar-refractivity contribution in [3.8, 4) is 0 Å². The highest BCUT2D eigenvalue weighted by molar-refractivity contribution is 5.83. The molecule has 0 spiro atoms. The van der Waals surface area contributed by atoms with Crippen LogP contribution in [0.1, 0.15) is 32.6 Å². The summed E-state index contributed by atoms with van der Waals surface area (Å²) in [4.78, 5) is 13.1. The third kappa shape index (κ3) is 4.63. The minimum Gasteiger partial charge on any atom is -0.351 e. The molecule has 0 bridgehead atoms. The van der Waals surface area contributed by atoms with Gasteiger partial charge in [0.15, 0.2) is 0 Å². The highest BCUT2D eigenvalue weighted by atomic mass is 19.3. The molecule has 1 atom stereocenters. The van der Waals surface area contributed by atoms with Crippen LogP contribution in [0, 0.1) is 0 Å². The van der Waals surface area contributed by atoms with Crippen LogP contribution in [0.15, 0.2) is 0 Å². The lowest BCUT2D eigenvalue weighted by Gasteiger charge is -2.33. The SMILES string of the molecule is CC1CCCCN1CCCNC(=O)C(F)(F)C(F)F. The summed E-state index contributed by atoms with van der Waals surface area (Å²) in [5.41, 5.74) is 0. The molecule has 0 radical (unpaired) electrons. The molecule has 1 unspecified atom stereocenters. The predicted molar refractivity (Wildman–Crippen MR) is 63.5 cm³/mol. The van der Waals surface area contributed by atoms with Crippen molar-refractivity contribution in [2.24, 2.45) is 0 Å². The van der Waals surface area contributed by atoms with Gasteiger partial charge in [0.25, 0.3) is 5.91 Å². The first-order valence-electron chi connectivity index (χ1n) is 6.54. The van der Waals surface area contributed by atoms with Crippen LogP contribution in [-0.4, -0.2) is 48.8 Å². The minimum absolute atomic E-state index is 0.00956. The Morgan fingerprint density at radius 3 is 2.68 bits per heavy atom. The Balaban J connectivity index is 2.22. The van der Waals surface area contributed by atoms with E-state index in [-0.39, 0.29) is 6.54 Å². The van der Waals surface area contributed by atoms with Gasteiger partial charge in [-0.25, -0.2) is 8.78 Å². The van der Waals surface area contributed by atoms with Crippen molar-refractivity contribution in [2.45, 2.75) is 51.0 Å². The van der Waals surface area contributed by atoms with Crippen molar-refractivity contribution < 1.29 is 22.4 Å². The van der Waals surface area contributed by atoms with Gasteiger partial charge in [-0.2, -0.15) is 8.78 Å². The van der Waals surface area contributed by atoms with E-state index in [1.165, 1.54) is 6.42 Å². The number of rotatable bonds is 6. The number of nitrogens with one attached hydrogen (secondary N) is 1. The molecule has 1 fully saturated rings. The largest absolute Gasteiger partial charge is 0.383 e. The topological polar surface area (TPSA) is 32.3 Å². The number of likely N-dealkylation sites (tertiary alicyclic amines) is 1. The van der Waals surface area contributed by atoms with E-state index in [4.69, 9.17) is 0 Å². The smallest absolute Gasteiger partial charge is 0.351 e. The maximum absolute atomic E-state index is 12.6. The molecule has 0 saturated carbocycles. The van der Waals surface area contributed by atoms with Gasteiger partial charge < -0.3 is 10.2 Å². The molecule has 1 N–H and O–H groups in total. The number of hydrogen-bond donors (Lipinski definition) is 1. The van der Waals surface area contributed by atoms with Crippen LogP contribution >= 0.6 is 0 Å².